The third-order valence-electron chi connectivity index (χ3n) is 6.71. The predicted molar refractivity (Wildman–Crippen MR) is 106 cm³/mol. The highest BCUT2D eigenvalue weighted by Crippen LogP contribution is 2.49. The lowest BCUT2D eigenvalue weighted by atomic mass is 9.66. The molecule has 1 aliphatic heterocycles. The zero-order chi connectivity index (χ0) is 19.2. The standard InChI is InChI=1S/C21H25N5O2/c27-19-17-12-24-26(16-6-2-1-3-7-16)18(17)23-15-25(19)14-21(28)10-11-22-13-20(21)8-4-5-9-20/h1-3,6-7,12,15,22,28H,4-5,8-11,13-14H2. The molecule has 1 atom stereocenters. The van der Waals surface area contributed by atoms with Crippen molar-refractivity contribution in [2.45, 2.75) is 44.2 Å². The van der Waals surface area contributed by atoms with Crippen molar-refractivity contribution in [1.82, 2.24) is 24.6 Å². The van der Waals surface area contributed by atoms with E-state index in [9.17, 15) is 9.90 Å². The summed E-state index contributed by atoms with van der Waals surface area (Å²) in [6, 6.07) is 9.66. The van der Waals surface area contributed by atoms with Crippen LogP contribution in [-0.2, 0) is 6.54 Å². The van der Waals surface area contributed by atoms with Crippen molar-refractivity contribution < 1.29 is 5.11 Å². The summed E-state index contributed by atoms with van der Waals surface area (Å²) in [5.74, 6) is 0. The van der Waals surface area contributed by atoms with Gasteiger partial charge in [0.2, 0.25) is 0 Å². The maximum absolute atomic E-state index is 13.1. The number of hydrogen-bond acceptors (Lipinski definition) is 5. The minimum absolute atomic E-state index is 0.145. The maximum Gasteiger partial charge on any atom is 0.264 e. The zero-order valence-corrected chi connectivity index (χ0v) is 15.8. The van der Waals surface area contributed by atoms with Crippen LogP contribution in [0.5, 0.6) is 0 Å². The fourth-order valence-corrected chi connectivity index (χ4v) is 5.09. The van der Waals surface area contributed by atoms with Crippen molar-refractivity contribution in [2.24, 2.45) is 5.41 Å². The van der Waals surface area contributed by atoms with Gasteiger partial charge in [-0.2, -0.15) is 5.10 Å². The summed E-state index contributed by atoms with van der Waals surface area (Å²) in [4.78, 5) is 17.7. The van der Waals surface area contributed by atoms with Crippen LogP contribution in [-0.4, -0.2) is 43.1 Å². The molecular weight excluding hydrogens is 354 g/mol. The Kier molecular flexibility index (Phi) is 4.10. The van der Waals surface area contributed by atoms with Crippen LogP contribution in [0.3, 0.4) is 0 Å². The second-order valence-electron chi connectivity index (χ2n) is 8.25. The fourth-order valence-electron chi connectivity index (χ4n) is 5.09. The van der Waals surface area contributed by atoms with Crippen molar-refractivity contribution in [3.8, 4) is 5.69 Å². The number of piperidine rings is 1. The lowest BCUT2D eigenvalue weighted by molar-refractivity contribution is -0.115. The van der Waals surface area contributed by atoms with Crippen LogP contribution in [0.1, 0.15) is 32.1 Å². The van der Waals surface area contributed by atoms with Crippen LogP contribution in [0.2, 0.25) is 0 Å². The smallest absolute Gasteiger partial charge is 0.264 e. The highest BCUT2D eigenvalue weighted by atomic mass is 16.3. The van der Waals surface area contributed by atoms with Gasteiger partial charge in [0.05, 0.1) is 24.0 Å². The van der Waals surface area contributed by atoms with E-state index in [1.54, 1.807) is 21.8 Å². The van der Waals surface area contributed by atoms with Crippen LogP contribution in [0, 0.1) is 5.41 Å². The first-order chi connectivity index (χ1) is 13.6. The number of hydrogen-bond donors (Lipinski definition) is 2. The average molecular weight is 379 g/mol. The van der Waals surface area contributed by atoms with Gasteiger partial charge in [-0.1, -0.05) is 31.0 Å². The van der Waals surface area contributed by atoms with E-state index in [1.165, 1.54) is 0 Å². The third-order valence-corrected chi connectivity index (χ3v) is 6.71. The molecule has 0 bridgehead atoms. The highest BCUT2D eigenvalue weighted by Gasteiger charge is 2.53. The van der Waals surface area contributed by atoms with Gasteiger partial charge in [-0.15, -0.1) is 0 Å². The molecule has 0 amide bonds. The number of nitrogens with zero attached hydrogens (tertiary/aromatic N) is 4. The van der Waals surface area contributed by atoms with Gasteiger partial charge in [0.1, 0.15) is 11.7 Å². The van der Waals surface area contributed by atoms with Gasteiger partial charge in [0, 0.05) is 12.0 Å². The van der Waals surface area contributed by atoms with E-state index in [4.69, 9.17) is 0 Å². The van der Waals surface area contributed by atoms with Crippen molar-refractivity contribution in [1.29, 1.82) is 0 Å². The summed E-state index contributed by atoms with van der Waals surface area (Å²) in [6.45, 7) is 1.88. The van der Waals surface area contributed by atoms with Gasteiger partial charge >= 0.3 is 0 Å². The first kappa shape index (κ1) is 17.6. The lowest BCUT2D eigenvalue weighted by Gasteiger charge is -2.49. The number of aromatic nitrogens is 4. The Morgan fingerprint density at radius 2 is 1.93 bits per heavy atom. The molecule has 3 heterocycles. The van der Waals surface area contributed by atoms with Crippen LogP contribution < -0.4 is 10.9 Å². The number of aliphatic hydroxyl groups is 1. The van der Waals surface area contributed by atoms with Gasteiger partial charge in [-0.3, -0.25) is 9.36 Å². The van der Waals surface area contributed by atoms with Crippen molar-refractivity contribution in [3.63, 3.8) is 0 Å². The molecule has 1 unspecified atom stereocenters. The SMILES string of the molecule is O=c1c2cnn(-c3ccccc3)c2ncn1CC1(O)CCNCC12CCCC2. The number of rotatable bonds is 3. The molecule has 2 aromatic heterocycles. The molecule has 1 saturated carbocycles. The molecule has 2 N–H and O–H groups in total. The number of para-hydroxylation sites is 1. The zero-order valence-electron chi connectivity index (χ0n) is 15.8. The molecule has 2 aliphatic rings. The number of benzene rings is 1. The first-order valence-electron chi connectivity index (χ1n) is 10.0. The van der Waals surface area contributed by atoms with Gasteiger partial charge in [0.25, 0.3) is 5.56 Å². The molecule has 1 aliphatic carbocycles. The second-order valence-corrected chi connectivity index (χ2v) is 8.25. The van der Waals surface area contributed by atoms with E-state index in [0.29, 0.717) is 17.5 Å². The fraction of sp³-hybridized carbons (Fsp3) is 0.476. The Balaban J connectivity index is 1.54. The summed E-state index contributed by atoms with van der Waals surface area (Å²) in [7, 11) is 0. The topological polar surface area (TPSA) is 85.0 Å². The molecular formula is C21H25N5O2. The summed E-state index contributed by atoms with van der Waals surface area (Å²) in [5.41, 5.74) is 0.230. The van der Waals surface area contributed by atoms with Crippen molar-refractivity contribution in [2.75, 3.05) is 13.1 Å². The molecule has 1 spiro atoms. The van der Waals surface area contributed by atoms with Crippen LogP contribution in [0.15, 0.2) is 47.7 Å². The normalized spacial score (nSPS) is 24.2. The van der Waals surface area contributed by atoms with E-state index in [-0.39, 0.29) is 17.5 Å². The van der Waals surface area contributed by atoms with Gasteiger partial charge < -0.3 is 10.4 Å². The Labute approximate surface area is 163 Å². The number of nitrogens with one attached hydrogen (secondary N) is 1. The van der Waals surface area contributed by atoms with Crippen LogP contribution in [0.4, 0.5) is 0 Å². The molecule has 2 fully saturated rings. The Morgan fingerprint density at radius 1 is 1.14 bits per heavy atom. The van der Waals surface area contributed by atoms with E-state index >= 15 is 0 Å². The molecule has 7 heteroatoms. The van der Waals surface area contributed by atoms with Crippen LogP contribution in [0.25, 0.3) is 16.7 Å². The molecule has 0 radical (unpaired) electrons. The third kappa shape index (κ3) is 2.61. The van der Waals surface area contributed by atoms with Crippen molar-refractivity contribution in [3.05, 3.63) is 53.2 Å². The summed E-state index contributed by atoms with van der Waals surface area (Å²) < 4.78 is 3.25. The molecule has 28 heavy (non-hydrogen) atoms. The highest BCUT2D eigenvalue weighted by molar-refractivity contribution is 5.74. The quantitative estimate of drug-likeness (QED) is 0.726. The molecule has 5 rings (SSSR count). The predicted octanol–water partition coefficient (Wildman–Crippen LogP) is 1.87. The molecule has 1 saturated heterocycles. The monoisotopic (exact) mass is 379 g/mol. The molecule has 7 nitrogen and oxygen atoms in total. The van der Waals surface area contributed by atoms with E-state index in [2.05, 4.69) is 15.4 Å². The molecule has 146 valence electrons. The Bertz CT molecular complexity index is 1050. The second kappa shape index (κ2) is 6.53. The van der Waals surface area contributed by atoms with Gasteiger partial charge in [0.15, 0.2) is 5.65 Å². The van der Waals surface area contributed by atoms with Gasteiger partial charge in [-0.05, 0) is 37.9 Å². The van der Waals surface area contributed by atoms with E-state index in [1.807, 2.05) is 30.3 Å². The summed E-state index contributed by atoms with van der Waals surface area (Å²) in [5, 5.41) is 19.9. The lowest BCUT2D eigenvalue weighted by Crippen LogP contribution is -2.60. The van der Waals surface area contributed by atoms with E-state index in [0.717, 1.165) is 44.5 Å². The van der Waals surface area contributed by atoms with Crippen molar-refractivity contribution >= 4 is 11.0 Å². The molecule has 3 aromatic rings. The summed E-state index contributed by atoms with van der Waals surface area (Å²) >= 11 is 0. The minimum Gasteiger partial charge on any atom is -0.387 e. The van der Waals surface area contributed by atoms with Crippen LogP contribution >= 0.6 is 0 Å². The first-order valence-corrected chi connectivity index (χ1v) is 10.0. The average Bonchev–Trinajstić information content (AvgIpc) is 3.36. The largest absolute Gasteiger partial charge is 0.387 e. The van der Waals surface area contributed by atoms with E-state index < -0.39 is 5.60 Å². The van der Waals surface area contributed by atoms with Gasteiger partial charge in [-0.25, -0.2) is 9.67 Å². The Hall–Kier alpha value is -2.51. The molecule has 1 aromatic carbocycles. The number of fused-ring (bicyclic) bond motifs is 1. The minimum atomic E-state index is -0.886. The Morgan fingerprint density at radius 3 is 2.71 bits per heavy atom. The summed E-state index contributed by atoms with van der Waals surface area (Å²) in [6.07, 6.45) is 8.08. The maximum atomic E-state index is 13.1.